The summed E-state index contributed by atoms with van der Waals surface area (Å²) < 4.78 is 41.0. The van der Waals surface area contributed by atoms with E-state index in [0.29, 0.717) is 29.3 Å². The summed E-state index contributed by atoms with van der Waals surface area (Å²) in [5.41, 5.74) is 3.68. The van der Waals surface area contributed by atoms with E-state index in [1.807, 2.05) is 31.2 Å². The van der Waals surface area contributed by atoms with Gasteiger partial charge in [0.1, 0.15) is 5.82 Å². The third-order valence-corrected chi connectivity index (χ3v) is 7.64. The van der Waals surface area contributed by atoms with Crippen molar-refractivity contribution < 1.29 is 17.6 Å². The number of carbonyl (C=O) groups is 1. The third-order valence-electron chi connectivity index (χ3n) is 5.70. The maximum absolute atomic E-state index is 13.3. The molecule has 0 aliphatic carbocycles. The number of halogens is 1. The van der Waals surface area contributed by atoms with Gasteiger partial charge in [-0.15, -0.1) is 0 Å². The Balaban J connectivity index is 1.58. The van der Waals surface area contributed by atoms with Crippen molar-refractivity contribution in [2.24, 2.45) is 0 Å². The van der Waals surface area contributed by atoms with E-state index in [1.165, 1.54) is 22.0 Å². The maximum atomic E-state index is 13.3. The Bertz CT molecular complexity index is 1250. The number of nitrogens with zero attached hydrogens (tertiary/aromatic N) is 1. The number of amides is 1. The van der Waals surface area contributed by atoms with Gasteiger partial charge in [0.2, 0.25) is 0 Å². The number of fused-ring (bicyclic) bond motifs is 1. The first kappa shape index (κ1) is 22.0. The summed E-state index contributed by atoms with van der Waals surface area (Å²) >= 11 is 0. The van der Waals surface area contributed by atoms with Crippen LogP contribution in [0.5, 0.6) is 0 Å². The van der Waals surface area contributed by atoms with E-state index in [0.717, 1.165) is 17.7 Å². The fraction of sp³-hybridized carbons (Fsp3) is 0.240. The molecule has 1 amide bonds. The maximum Gasteiger partial charge on any atom is 0.264 e. The number of sulfonamides is 1. The van der Waals surface area contributed by atoms with Crippen LogP contribution >= 0.6 is 0 Å². The topological polar surface area (TPSA) is 66.5 Å². The van der Waals surface area contributed by atoms with Gasteiger partial charge in [-0.3, -0.25) is 9.10 Å². The molecule has 3 aromatic carbocycles. The zero-order chi connectivity index (χ0) is 23.0. The van der Waals surface area contributed by atoms with Crippen LogP contribution in [-0.4, -0.2) is 20.4 Å². The van der Waals surface area contributed by atoms with Crippen LogP contribution in [0.15, 0.2) is 71.6 Å². The average Bonchev–Trinajstić information content (AvgIpc) is 3.10. The van der Waals surface area contributed by atoms with Crippen LogP contribution in [0.3, 0.4) is 0 Å². The molecule has 3 aromatic rings. The predicted octanol–water partition coefficient (Wildman–Crippen LogP) is 5.34. The minimum Gasteiger partial charge on any atom is -0.322 e. The number of hydrogen-bond acceptors (Lipinski definition) is 3. The van der Waals surface area contributed by atoms with Gasteiger partial charge in [-0.2, -0.15) is 0 Å². The van der Waals surface area contributed by atoms with Gasteiger partial charge in [0.15, 0.2) is 0 Å². The Morgan fingerprint density at radius 2 is 1.69 bits per heavy atom. The van der Waals surface area contributed by atoms with Crippen LogP contribution < -0.4 is 9.62 Å². The zero-order valence-corrected chi connectivity index (χ0v) is 19.0. The molecule has 0 fully saturated rings. The quantitative estimate of drug-likeness (QED) is 0.568. The van der Waals surface area contributed by atoms with Gasteiger partial charge in [0, 0.05) is 17.3 Å². The van der Waals surface area contributed by atoms with Crippen molar-refractivity contribution in [3.8, 4) is 0 Å². The molecule has 5 nitrogen and oxygen atoms in total. The summed E-state index contributed by atoms with van der Waals surface area (Å²) in [4.78, 5) is 12.8. The number of benzene rings is 3. The molecule has 1 N–H and O–H groups in total. The highest BCUT2D eigenvalue weighted by Gasteiger charge is 2.36. The first-order chi connectivity index (χ1) is 15.2. The molecule has 0 bridgehead atoms. The molecule has 0 radical (unpaired) electrons. The van der Waals surface area contributed by atoms with Gasteiger partial charge in [0.25, 0.3) is 15.9 Å². The van der Waals surface area contributed by atoms with E-state index >= 15 is 0 Å². The second-order valence-corrected chi connectivity index (χ2v) is 10.2. The van der Waals surface area contributed by atoms with Crippen LogP contribution in [0.2, 0.25) is 0 Å². The van der Waals surface area contributed by atoms with Crippen molar-refractivity contribution in [2.45, 2.75) is 44.0 Å². The van der Waals surface area contributed by atoms with E-state index in [4.69, 9.17) is 0 Å². The molecule has 32 heavy (non-hydrogen) atoms. The molecule has 1 aliphatic heterocycles. The zero-order valence-electron chi connectivity index (χ0n) is 18.2. The Kier molecular flexibility index (Phi) is 5.77. The van der Waals surface area contributed by atoms with E-state index in [1.54, 1.807) is 18.2 Å². The number of hydrogen-bond donors (Lipinski definition) is 1. The van der Waals surface area contributed by atoms with Crippen molar-refractivity contribution in [3.63, 3.8) is 0 Å². The average molecular weight is 453 g/mol. The summed E-state index contributed by atoms with van der Waals surface area (Å²) in [7, 11) is -3.84. The van der Waals surface area contributed by atoms with Crippen LogP contribution in [-0.2, 0) is 16.4 Å². The minimum atomic E-state index is -3.84. The van der Waals surface area contributed by atoms with Crippen molar-refractivity contribution in [2.75, 3.05) is 9.62 Å². The Hall–Kier alpha value is -3.19. The fourth-order valence-electron chi connectivity index (χ4n) is 3.98. The number of rotatable bonds is 5. The Labute approximate surface area is 187 Å². The molecule has 166 valence electrons. The molecular formula is C25H25FN2O3S. The van der Waals surface area contributed by atoms with E-state index in [2.05, 4.69) is 19.2 Å². The highest BCUT2D eigenvalue weighted by Crippen LogP contribution is 2.37. The van der Waals surface area contributed by atoms with Crippen molar-refractivity contribution in [3.05, 3.63) is 89.2 Å². The lowest BCUT2D eigenvalue weighted by molar-refractivity contribution is 0.102. The van der Waals surface area contributed by atoms with Gasteiger partial charge in [-0.25, -0.2) is 12.8 Å². The monoisotopic (exact) mass is 452 g/mol. The van der Waals surface area contributed by atoms with Gasteiger partial charge >= 0.3 is 0 Å². The normalized spacial score (nSPS) is 15.7. The number of anilines is 2. The molecule has 0 saturated heterocycles. The largest absolute Gasteiger partial charge is 0.322 e. The van der Waals surface area contributed by atoms with E-state index < -0.39 is 15.8 Å². The Morgan fingerprint density at radius 3 is 2.31 bits per heavy atom. The third kappa shape index (κ3) is 4.12. The highest BCUT2D eigenvalue weighted by atomic mass is 32.2. The van der Waals surface area contributed by atoms with Gasteiger partial charge in [-0.05, 0) is 85.0 Å². The lowest BCUT2D eigenvalue weighted by Crippen LogP contribution is -2.35. The van der Waals surface area contributed by atoms with Crippen LogP contribution in [0, 0.1) is 5.82 Å². The van der Waals surface area contributed by atoms with Gasteiger partial charge in [0.05, 0.1) is 10.6 Å². The smallest absolute Gasteiger partial charge is 0.264 e. The standard InChI is InChI=1S/C25H25FN2O3S/c1-16(2)18-4-9-22(10-5-18)27-25(29)19-6-13-24-20(15-19)14-17(3)28(24)32(30,31)23-11-7-21(26)8-12-23/h4-13,15-17H,14H2,1-3H3,(H,27,29)/t17-/m1/s1. The molecule has 1 aliphatic rings. The molecule has 1 heterocycles. The molecule has 7 heteroatoms. The second kappa shape index (κ2) is 8.39. The molecule has 0 unspecified atom stereocenters. The molecule has 1 atom stereocenters. The first-order valence-corrected chi connectivity index (χ1v) is 11.9. The Morgan fingerprint density at radius 1 is 1.03 bits per heavy atom. The van der Waals surface area contributed by atoms with E-state index in [-0.39, 0.29) is 16.8 Å². The fourth-order valence-corrected chi connectivity index (χ4v) is 5.68. The summed E-state index contributed by atoms with van der Waals surface area (Å²) in [5.74, 6) is -0.335. The highest BCUT2D eigenvalue weighted by molar-refractivity contribution is 7.92. The van der Waals surface area contributed by atoms with Crippen molar-refractivity contribution in [1.82, 2.24) is 0 Å². The van der Waals surface area contributed by atoms with Crippen molar-refractivity contribution >= 4 is 27.3 Å². The second-order valence-electron chi connectivity index (χ2n) is 8.38. The summed E-state index contributed by atoms with van der Waals surface area (Å²) in [6.45, 7) is 6.04. The number of carbonyl (C=O) groups excluding carboxylic acids is 1. The molecule has 0 spiro atoms. The number of nitrogens with one attached hydrogen (secondary N) is 1. The summed E-state index contributed by atoms with van der Waals surface area (Å²) in [6, 6.07) is 17.2. The molecular weight excluding hydrogens is 427 g/mol. The first-order valence-electron chi connectivity index (χ1n) is 10.5. The minimum absolute atomic E-state index is 0.0327. The molecule has 4 rings (SSSR count). The summed E-state index contributed by atoms with van der Waals surface area (Å²) in [5, 5.41) is 2.89. The summed E-state index contributed by atoms with van der Waals surface area (Å²) in [6.07, 6.45) is 0.486. The SMILES string of the molecule is CC(C)c1ccc(NC(=O)c2ccc3c(c2)C[C@@H](C)N3S(=O)(=O)c2ccc(F)cc2)cc1. The van der Waals surface area contributed by atoms with Crippen LogP contribution in [0.25, 0.3) is 0 Å². The lowest BCUT2D eigenvalue weighted by Gasteiger charge is -2.24. The predicted molar refractivity (Wildman–Crippen MR) is 124 cm³/mol. The van der Waals surface area contributed by atoms with Crippen LogP contribution in [0.1, 0.15) is 48.2 Å². The van der Waals surface area contributed by atoms with Gasteiger partial charge < -0.3 is 5.32 Å². The van der Waals surface area contributed by atoms with Crippen LogP contribution in [0.4, 0.5) is 15.8 Å². The lowest BCUT2D eigenvalue weighted by atomic mass is 10.0. The van der Waals surface area contributed by atoms with Crippen molar-refractivity contribution in [1.29, 1.82) is 0 Å². The van der Waals surface area contributed by atoms with E-state index in [9.17, 15) is 17.6 Å². The molecule has 0 aromatic heterocycles. The van der Waals surface area contributed by atoms with Gasteiger partial charge in [-0.1, -0.05) is 26.0 Å². The molecule has 0 saturated carbocycles.